The van der Waals surface area contributed by atoms with E-state index in [1.54, 1.807) is 12.1 Å². The molecule has 6 N–H and O–H groups in total. The van der Waals surface area contributed by atoms with E-state index >= 15 is 0 Å². The zero-order valence-electron chi connectivity index (χ0n) is 15.1. The Morgan fingerprint density at radius 1 is 1.00 bits per heavy atom. The summed E-state index contributed by atoms with van der Waals surface area (Å²) in [6.07, 6.45) is 0.322. The van der Waals surface area contributed by atoms with E-state index in [4.69, 9.17) is 28.5 Å². The van der Waals surface area contributed by atoms with Crippen molar-refractivity contribution in [3.63, 3.8) is 0 Å². The van der Waals surface area contributed by atoms with Crippen LogP contribution in [0.25, 0.3) is 5.70 Å². The summed E-state index contributed by atoms with van der Waals surface area (Å²) < 4.78 is 0. The second-order valence-corrected chi connectivity index (χ2v) is 6.38. The van der Waals surface area contributed by atoms with E-state index in [1.165, 1.54) is 6.92 Å². The molecule has 0 heterocycles. The van der Waals surface area contributed by atoms with Gasteiger partial charge in [-0.25, -0.2) is 0 Å². The third-order valence-corrected chi connectivity index (χ3v) is 4.31. The molecule has 2 aromatic carbocycles. The molecule has 140 valence electrons. The number of hydrogen-bond acceptors (Lipinski definition) is 5. The smallest absolute Gasteiger partial charge is 0.131 e. The molecule has 0 saturated heterocycles. The average molecular weight is 383 g/mol. The third kappa shape index (κ3) is 5.46. The summed E-state index contributed by atoms with van der Waals surface area (Å²) in [4.78, 5) is 11.2. The Labute approximate surface area is 164 Å². The first kappa shape index (κ1) is 20.3. The van der Waals surface area contributed by atoms with Crippen molar-refractivity contribution in [3.8, 4) is 0 Å². The quantitative estimate of drug-likeness (QED) is 0.415. The standard InChI is InChI=1S/C21H23ClN4O/c1-14(27)12-13-26-21(25)17(19(23)15-8-4-2-5-9-15)18(22)20(24)16-10-6-3-7-11-16/h2-11,23,26H,12-13,24-25H2,1H3/b20-18+,21-17-,23-19?. The summed E-state index contributed by atoms with van der Waals surface area (Å²) in [7, 11) is 0. The largest absolute Gasteiger partial charge is 0.397 e. The highest BCUT2D eigenvalue weighted by molar-refractivity contribution is 6.39. The number of carbonyl (C=O) groups is 1. The molecule has 0 aliphatic heterocycles. The van der Waals surface area contributed by atoms with Gasteiger partial charge in [-0.2, -0.15) is 0 Å². The monoisotopic (exact) mass is 382 g/mol. The molecular weight excluding hydrogens is 360 g/mol. The number of nitrogens with two attached hydrogens (primary N) is 2. The molecule has 0 unspecified atom stereocenters. The van der Waals surface area contributed by atoms with Crippen molar-refractivity contribution in [1.82, 2.24) is 5.32 Å². The molecule has 0 amide bonds. The summed E-state index contributed by atoms with van der Waals surface area (Å²) in [6, 6.07) is 18.4. The van der Waals surface area contributed by atoms with E-state index in [9.17, 15) is 4.79 Å². The Bertz CT molecular complexity index is 874. The van der Waals surface area contributed by atoms with Gasteiger partial charge in [0.15, 0.2) is 0 Å². The number of ketones is 1. The van der Waals surface area contributed by atoms with Gasteiger partial charge in [0, 0.05) is 18.5 Å². The summed E-state index contributed by atoms with van der Waals surface area (Å²) in [6.45, 7) is 1.86. The highest BCUT2D eigenvalue weighted by atomic mass is 35.5. The van der Waals surface area contributed by atoms with Crippen LogP contribution in [0.2, 0.25) is 0 Å². The molecule has 0 aliphatic rings. The maximum absolute atomic E-state index is 11.2. The van der Waals surface area contributed by atoms with Gasteiger partial charge in [-0.3, -0.25) is 10.2 Å². The van der Waals surface area contributed by atoms with E-state index < -0.39 is 0 Å². The Hall–Kier alpha value is -3.05. The lowest BCUT2D eigenvalue weighted by atomic mass is 9.99. The molecule has 5 nitrogen and oxygen atoms in total. The first-order valence-corrected chi connectivity index (χ1v) is 8.88. The first-order chi connectivity index (χ1) is 12.9. The zero-order valence-corrected chi connectivity index (χ0v) is 15.9. The number of rotatable bonds is 8. The van der Waals surface area contributed by atoms with Crippen LogP contribution in [-0.2, 0) is 4.79 Å². The minimum atomic E-state index is 0.0421. The van der Waals surface area contributed by atoms with Crippen molar-refractivity contribution >= 4 is 28.8 Å². The van der Waals surface area contributed by atoms with E-state index in [0.717, 1.165) is 5.56 Å². The van der Waals surface area contributed by atoms with Crippen LogP contribution in [0.4, 0.5) is 0 Å². The third-order valence-electron chi connectivity index (χ3n) is 3.92. The van der Waals surface area contributed by atoms with Crippen LogP contribution in [0.1, 0.15) is 24.5 Å². The van der Waals surface area contributed by atoms with Crippen molar-refractivity contribution in [2.75, 3.05) is 6.54 Å². The maximum Gasteiger partial charge on any atom is 0.131 e. The van der Waals surface area contributed by atoms with Gasteiger partial charge in [-0.15, -0.1) is 0 Å². The molecule has 2 rings (SSSR count). The summed E-state index contributed by atoms with van der Waals surface area (Å²) in [5.41, 5.74) is 14.6. The van der Waals surface area contributed by atoms with Crippen LogP contribution in [0.3, 0.4) is 0 Å². The Balaban J connectivity index is 2.49. The van der Waals surface area contributed by atoms with E-state index in [2.05, 4.69) is 5.32 Å². The lowest BCUT2D eigenvalue weighted by molar-refractivity contribution is -0.116. The van der Waals surface area contributed by atoms with Gasteiger partial charge in [0.25, 0.3) is 0 Å². The lowest BCUT2D eigenvalue weighted by Gasteiger charge is -2.16. The first-order valence-electron chi connectivity index (χ1n) is 8.50. The number of nitrogens with one attached hydrogen (secondary N) is 2. The fourth-order valence-corrected chi connectivity index (χ4v) is 2.76. The molecule has 0 spiro atoms. The molecule has 0 atom stereocenters. The fourth-order valence-electron chi connectivity index (χ4n) is 2.45. The van der Waals surface area contributed by atoms with Crippen LogP contribution in [0.15, 0.2) is 77.1 Å². The second-order valence-electron chi connectivity index (χ2n) is 6.00. The zero-order chi connectivity index (χ0) is 19.8. The van der Waals surface area contributed by atoms with Crippen LogP contribution in [-0.4, -0.2) is 18.0 Å². The SMILES string of the molecule is CC(=O)CCN/C(N)=C(C(=N)c1ccccc1)/C(Cl)=C(\N)c1ccccc1. The van der Waals surface area contributed by atoms with Gasteiger partial charge in [-0.1, -0.05) is 72.3 Å². The number of halogens is 1. The van der Waals surface area contributed by atoms with Crippen molar-refractivity contribution in [2.24, 2.45) is 11.5 Å². The number of carbonyl (C=O) groups excluding carboxylic acids is 1. The van der Waals surface area contributed by atoms with Gasteiger partial charge < -0.3 is 16.8 Å². The molecule has 0 saturated carbocycles. The number of Topliss-reactive ketones (excluding diaryl/α,β-unsaturated/α-hetero) is 1. The van der Waals surface area contributed by atoms with Crippen LogP contribution in [0.5, 0.6) is 0 Å². The molecule has 27 heavy (non-hydrogen) atoms. The molecular formula is C21H23ClN4O. The lowest BCUT2D eigenvalue weighted by Crippen LogP contribution is -2.27. The Kier molecular flexibility index (Phi) is 7.20. The van der Waals surface area contributed by atoms with Crippen LogP contribution < -0.4 is 16.8 Å². The summed E-state index contributed by atoms with van der Waals surface area (Å²) in [5, 5.41) is 11.8. The molecule has 0 aliphatic carbocycles. The van der Waals surface area contributed by atoms with E-state index in [0.29, 0.717) is 29.8 Å². The minimum absolute atomic E-state index is 0.0421. The summed E-state index contributed by atoms with van der Waals surface area (Å²) >= 11 is 6.58. The van der Waals surface area contributed by atoms with Gasteiger partial charge >= 0.3 is 0 Å². The predicted molar refractivity (Wildman–Crippen MR) is 111 cm³/mol. The Morgan fingerprint density at radius 2 is 1.52 bits per heavy atom. The van der Waals surface area contributed by atoms with Crippen molar-refractivity contribution < 1.29 is 4.79 Å². The molecule has 2 aromatic rings. The van der Waals surface area contributed by atoms with Gasteiger partial charge in [0.05, 0.1) is 22.0 Å². The highest BCUT2D eigenvalue weighted by Gasteiger charge is 2.19. The number of allylic oxidation sites excluding steroid dienone is 2. The van der Waals surface area contributed by atoms with Crippen molar-refractivity contribution in [1.29, 1.82) is 5.41 Å². The second kappa shape index (κ2) is 9.59. The van der Waals surface area contributed by atoms with Crippen molar-refractivity contribution in [2.45, 2.75) is 13.3 Å². The van der Waals surface area contributed by atoms with Crippen LogP contribution in [0, 0.1) is 5.41 Å². The maximum atomic E-state index is 11.2. The average Bonchev–Trinajstić information content (AvgIpc) is 2.68. The molecule has 6 heteroatoms. The number of benzene rings is 2. The molecule has 0 aromatic heterocycles. The normalized spacial score (nSPS) is 12.7. The highest BCUT2D eigenvalue weighted by Crippen LogP contribution is 2.27. The predicted octanol–water partition coefficient (Wildman–Crippen LogP) is 3.36. The van der Waals surface area contributed by atoms with Gasteiger partial charge in [0.1, 0.15) is 11.6 Å². The topological polar surface area (TPSA) is 105 Å². The molecule has 0 fully saturated rings. The van der Waals surface area contributed by atoms with E-state index in [-0.39, 0.29) is 22.3 Å². The fraction of sp³-hybridized carbons (Fsp3) is 0.143. The van der Waals surface area contributed by atoms with Gasteiger partial charge in [0.2, 0.25) is 0 Å². The minimum Gasteiger partial charge on any atom is -0.397 e. The number of hydrogen-bond donors (Lipinski definition) is 4. The van der Waals surface area contributed by atoms with Crippen LogP contribution >= 0.6 is 11.6 Å². The Morgan fingerprint density at radius 3 is 2.04 bits per heavy atom. The summed E-state index contributed by atoms with van der Waals surface area (Å²) in [5.74, 6) is 0.245. The molecule has 0 radical (unpaired) electrons. The molecule has 0 bridgehead atoms. The van der Waals surface area contributed by atoms with E-state index in [1.807, 2.05) is 48.5 Å². The van der Waals surface area contributed by atoms with Crippen molar-refractivity contribution in [3.05, 3.63) is 88.2 Å². The van der Waals surface area contributed by atoms with Gasteiger partial charge in [-0.05, 0) is 12.5 Å².